The Bertz CT molecular complexity index is 757. The van der Waals surface area contributed by atoms with Crippen LogP contribution in [0.1, 0.15) is 48.5 Å². The van der Waals surface area contributed by atoms with Crippen molar-refractivity contribution < 1.29 is 14.3 Å². The Morgan fingerprint density at radius 3 is 2.38 bits per heavy atom. The summed E-state index contributed by atoms with van der Waals surface area (Å²) in [5.41, 5.74) is 1.76. The molecule has 178 valence electrons. The smallest absolute Gasteiger partial charge is 0.251 e. The van der Waals surface area contributed by atoms with Crippen LogP contribution in [0.5, 0.6) is 0 Å². The summed E-state index contributed by atoms with van der Waals surface area (Å²) in [5, 5.41) is 6.33. The molecule has 8 nitrogen and oxygen atoms in total. The van der Waals surface area contributed by atoms with E-state index < -0.39 is 0 Å². The van der Waals surface area contributed by atoms with E-state index in [1.165, 1.54) is 0 Å². The maximum atomic E-state index is 12.5. The average molecular weight is 557 g/mol. The summed E-state index contributed by atoms with van der Waals surface area (Å²) in [7, 11) is 1.77. The summed E-state index contributed by atoms with van der Waals surface area (Å²) in [6.45, 7) is 6.98. The third kappa shape index (κ3) is 7.33. The highest BCUT2D eigenvalue weighted by molar-refractivity contribution is 14.0. The molecule has 0 saturated carbocycles. The monoisotopic (exact) mass is 557 g/mol. The van der Waals surface area contributed by atoms with Crippen LogP contribution < -0.4 is 10.6 Å². The number of ether oxygens (including phenoxy) is 1. The first-order valence-electron chi connectivity index (χ1n) is 11.4. The van der Waals surface area contributed by atoms with Crippen molar-refractivity contribution in [2.45, 2.75) is 45.3 Å². The third-order valence-corrected chi connectivity index (χ3v) is 5.79. The van der Waals surface area contributed by atoms with Gasteiger partial charge in [-0.15, -0.1) is 24.0 Å². The first-order chi connectivity index (χ1) is 15.1. The third-order valence-electron chi connectivity index (χ3n) is 5.79. The minimum absolute atomic E-state index is 0. The zero-order valence-corrected chi connectivity index (χ0v) is 21.5. The quantitative estimate of drug-likeness (QED) is 0.233. The second-order valence-corrected chi connectivity index (χ2v) is 8.02. The molecule has 0 bridgehead atoms. The molecule has 0 aromatic heterocycles. The van der Waals surface area contributed by atoms with E-state index in [0.29, 0.717) is 38.3 Å². The molecule has 32 heavy (non-hydrogen) atoms. The number of unbranched alkanes of at least 4 members (excludes halogenated alkanes) is 1. The van der Waals surface area contributed by atoms with Gasteiger partial charge < -0.3 is 25.2 Å². The van der Waals surface area contributed by atoms with Crippen LogP contribution in [0.3, 0.4) is 0 Å². The van der Waals surface area contributed by atoms with Crippen LogP contribution in [0.25, 0.3) is 0 Å². The second-order valence-electron chi connectivity index (χ2n) is 8.02. The number of carbonyl (C=O) groups excluding carboxylic acids is 2. The molecule has 1 unspecified atom stereocenters. The highest BCUT2D eigenvalue weighted by Gasteiger charge is 2.30. The van der Waals surface area contributed by atoms with Gasteiger partial charge in [0.25, 0.3) is 11.8 Å². The fraction of sp³-hybridized carbons (Fsp3) is 0.609. The van der Waals surface area contributed by atoms with Crippen molar-refractivity contribution in [1.29, 1.82) is 0 Å². The first-order valence-corrected chi connectivity index (χ1v) is 11.4. The normalized spacial score (nSPS) is 18.8. The minimum atomic E-state index is -0.249. The average Bonchev–Trinajstić information content (AvgIpc) is 3.35. The molecule has 9 heteroatoms. The topological polar surface area (TPSA) is 86.3 Å². The van der Waals surface area contributed by atoms with Crippen LogP contribution in [0.2, 0.25) is 0 Å². The Labute approximate surface area is 208 Å². The van der Waals surface area contributed by atoms with Gasteiger partial charge in [-0.05, 0) is 37.0 Å². The van der Waals surface area contributed by atoms with Crippen LogP contribution in [0.15, 0.2) is 29.3 Å². The summed E-state index contributed by atoms with van der Waals surface area (Å²) in [6.07, 6.45) is 3.61. The molecular formula is C23H36IN5O3. The molecule has 2 amide bonds. The molecule has 1 aromatic rings. The molecule has 2 fully saturated rings. The second kappa shape index (κ2) is 13.6. The predicted molar refractivity (Wildman–Crippen MR) is 136 cm³/mol. The standard InChI is InChI=1S/C23H35N5O3.HI/c1-3-4-11-25-21(29)19-9-7-18(8-10-19)17-26-23(24-2)28-14-12-27(13-15-28)22(30)20-6-5-16-31-20;/h7-10,20H,3-6,11-17H2,1-2H3,(H,24,26)(H,25,29);1H. The van der Waals surface area contributed by atoms with Gasteiger partial charge in [-0.3, -0.25) is 14.6 Å². The number of rotatable bonds is 7. The molecule has 3 rings (SSSR count). The van der Waals surface area contributed by atoms with Crippen molar-refractivity contribution in [3.8, 4) is 0 Å². The van der Waals surface area contributed by atoms with Gasteiger partial charge in [0, 0.05) is 58.5 Å². The van der Waals surface area contributed by atoms with E-state index in [4.69, 9.17) is 4.74 Å². The number of benzene rings is 1. The summed E-state index contributed by atoms with van der Waals surface area (Å²) >= 11 is 0. The SMILES string of the molecule is CCCCNC(=O)c1ccc(CNC(=NC)N2CCN(C(=O)C3CCCO3)CC2)cc1.I. The Kier molecular flexibility index (Phi) is 11.2. The molecule has 0 spiro atoms. The zero-order valence-electron chi connectivity index (χ0n) is 19.1. The van der Waals surface area contributed by atoms with Gasteiger partial charge in [0.05, 0.1) is 0 Å². The van der Waals surface area contributed by atoms with Gasteiger partial charge in [0.2, 0.25) is 0 Å². The highest BCUT2D eigenvalue weighted by Crippen LogP contribution is 2.16. The molecule has 0 aliphatic carbocycles. The molecule has 0 radical (unpaired) electrons. The lowest BCUT2D eigenvalue weighted by Gasteiger charge is -2.37. The van der Waals surface area contributed by atoms with Crippen molar-refractivity contribution in [2.24, 2.45) is 4.99 Å². The van der Waals surface area contributed by atoms with Crippen LogP contribution in [-0.2, 0) is 16.1 Å². The highest BCUT2D eigenvalue weighted by atomic mass is 127. The summed E-state index contributed by atoms with van der Waals surface area (Å²) in [6, 6.07) is 7.65. The lowest BCUT2D eigenvalue weighted by Crippen LogP contribution is -2.55. The van der Waals surface area contributed by atoms with E-state index in [1.54, 1.807) is 7.05 Å². The number of hydrogen-bond donors (Lipinski definition) is 2. The van der Waals surface area contributed by atoms with Crippen LogP contribution in [0, 0.1) is 0 Å². The van der Waals surface area contributed by atoms with E-state index in [2.05, 4.69) is 27.4 Å². The van der Waals surface area contributed by atoms with Gasteiger partial charge in [-0.1, -0.05) is 25.5 Å². The van der Waals surface area contributed by atoms with Gasteiger partial charge in [0.15, 0.2) is 5.96 Å². The molecule has 2 heterocycles. The Hall–Kier alpha value is -1.88. The maximum Gasteiger partial charge on any atom is 0.251 e. The number of nitrogens with one attached hydrogen (secondary N) is 2. The number of piperazine rings is 1. The van der Waals surface area contributed by atoms with E-state index in [9.17, 15) is 9.59 Å². The van der Waals surface area contributed by atoms with Crippen molar-refractivity contribution in [3.63, 3.8) is 0 Å². The number of halogens is 1. The Balaban J connectivity index is 0.00000363. The fourth-order valence-electron chi connectivity index (χ4n) is 3.88. The molecular weight excluding hydrogens is 521 g/mol. The lowest BCUT2D eigenvalue weighted by molar-refractivity contribution is -0.142. The van der Waals surface area contributed by atoms with Gasteiger partial charge >= 0.3 is 0 Å². The minimum Gasteiger partial charge on any atom is -0.368 e. The number of aliphatic imine (C=N–C) groups is 1. The number of nitrogens with zero attached hydrogens (tertiary/aromatic N) is 3. The van der Waals surface area contributed by atoms with E-state index in [-0.39, 0.29) is 41.9 Å². The number of guanidine groups is 1. The van der Waals surface area contributed by atoms with Crippen LogP contribution in [0.4, 0.5) is 0 Å². The fourth-order valence-corrected chi connectivity index (χ4v) is 3.88. The van der Waals surface area contributed by atoms with Crippen LogP contribution >= 0.6 is 24.0 Å². The largest absolute Gasteiger partial charge is 0.368 e. The molecule has 2 N–H and O–H groups in total. The van der Waals surface area contributed by atoms with Crippen molar-refractivity contribution >= 4 is 41.8 Å². The molecule has 2 aliphatic rings. The van der Waals surface area contributed by atoms with Crippen molar-refractivity contribution in [3.05, 3.63) is 35.4 Å². The molecule has 1 atom stereocenters. The van der Waals surface area contributed by atoms with Gasteiger partial charge in [-0.2, -0.15) is 0 Å². The number of carbonyl (C=O) groups is 2. The van der Waals surface area contributed by atoms with Crippen molar-refractivity contribution in [2.75, 3.05) is 46.4 Å². The molecule has 2 aliphatic heterocycles. The summed E-state index contributed by atoms with van der Waals surface area (Å²) in [5.74, 6) is 0.920. The lowest BCUT2D eigenvalue weighted by atomic mass is 10.1. The number of hydrogen-bond acceptors (Lipinski definition) is 4. The van der Waals surface area contributed by atoms with Gasteiger partial charge in [0.1, 0.15) is 6.10 Å². The predicted octanol–water partition coefficient (Wildman–Crippen LogP) is 2.23. The summed E-state index contributed by atoms with van der Waals surface area (Å²) < 4.78 is 5.53. The molecule has 1 aromatic carbocycles. The van der Waals surface area contributed by atoms with Gasteiger partial charge in [-0.25, -0.2) is 0 Å². The summed E-state index contributed by atoms with van der Waals surface area (Å²) in [4.78, 5) is 33.1. The maximum absolute atomic E-state index is 12.5. The zero-order chi connectivity index (χ0) is 22.1. The van der Waals surface area contributed by atoms with E-state index >= 15 is 0 Å². The van der Waals surface area contributed by atoms with Crippen molar-refractivity contribution in [1.82, 2.24) is 20.4 Å². The van der Waals surface area contributed by atoms with E-state index in [1.807, 2.05) is 29.2 Å². The first kappa shape index (κ1) is 26.4. The molecule has 2 saturated heterocycles. The van der Waals surface area contributed by atoms with E-state index in [0.717, 1.165) is 50.3 Å². The number of amides is 2. The Morgan fingerprint density at radius 2 is 1.78 bits per heavy atom. The Morgan fingerprint density at radius 1 is 1.09 bits per heavy atom. The van der Waals surface area contributed by atoms with Crippen LogP contribution in [-0.4, -0.2) is 80.1 Å².